The molecular weight excluding hydrogens is 324 g/mol. The largest absolute Gasteiger partial charge is 0.444 e. The minimum Gasteiger partial charge on any atom is -0.444 e. The lowest BCUT2D eigenvalue weighted by atomic mass is 9.83. The first-order valence-corrected chi connectivity index (χ1v) is 11.1. The Kier molecular flexibility index (Phi) is 8.72. The number of amides is 1. The van der Waals surface area contributed by atoms with E-state index in [2.05, 4.69) is 17.1 Å². The summed E-state index contributed by atoms with van der Waals surface area (Å²) < 4.78 is 5.49. The van der Waals surface area contributed by atoms with Gasteiger partial charge in [0.05, 0.1) is 0 Å². The van der Waals surface area contributed by atoms with Gasteiger partial charge in [-0.05, 0) is 71.3 Å². The van der Waals surface area contributed by atoms with Crippen LogP contribution in [0.3, 0.4) is 0 Å². The number of hydrogen-bond donors (Lipinski definition) is 1. The second-order valence-corrected chi connectivity index (χ2v) is 9.56. The number of likely N-dealkylation sites (tertiary alicyclic amines) is 1. The number of carbonyl (C=O) groups is 1. The first kappa shape index (κ1) is 21.5. The summed E-state index contributed by atoms with van der Waals surface area (Å²) in [5, 5.41) is 3.18. The fourth-order valence-electron chi connectivity index (χ4n) is 4.64. The van der Waals surface area contributed by atoms with Crippen molar-refractivity contribution in [2.75, 3.05) is 19.6 Å². The van der Waals surface area contributed by atoms with Gasteiger partial charge in [0.15, 0.2) is 0 Å². The Balaban J connectivity index is 1.82. The molecule has 4 heteroatoms. The van der Waals surface area contributed by atoms with Crippen LogP contribution >= 0.6 is 0 Å². The number of ether oxygens (including phenoxy) is 1. The lowest BCUT2D eigenvalue weighted by molar-refractivity contribution is 0.0443. The molecule has 4 nitrogen and oxygen atoms in total. The molecule has 2 aliphatic rings. The molecule has 2 fully saturated rings. The topological polar surface area (TPSA) is 41.6 Å². The van der Waals surface area contributed by atoms with Gasteiger partial charge in [0.2, 0.25) is 0 Å². The van der Waals surface area contributed by atoms with Crippen molar-refractivity contribution in [1.29, 1.82) is 0 Å². The summed E-state index contributed by atoms with van der Waals surface area (Å²) in [5.41, 5.74) is -0.424. The van der Waals surface area contributed by atoms with Crippen LogP contribution in [0.25, 0.3) is 0 Å². The summed E-state index contributed by atoms with van der Waals surface area (Å²) in [4.78, 5) is 14.9. The molecule has 2 unspecified atom stereocenters. The van der Waals surface area contributed by atoms with E-state index in [1.165, 1.54) is 70.9 Å². The number of piperidine rings is 1. The first-order valence-electron chi connectivity index (χ1n) is 11.1. The molecule has 0 radical (unpaired) electrons. The number of hydrogen-bond acceptors (Lipinski definition) is 3. The molecule has 0 aromatic carbocycles. The van der Waals surface area contributed by atoms with Crippen molar-refractivity contribution < 1.29 is 9.53 Å². The van der Waals surface area contributed by atoms with Crippen molar-refractivity contribution in [3.63, 3.8) is 0 Å². The zero-order valence-corrected chi connectivity index (χ0v) is 17.7. The highest BCUT2D eigenvalue weighted by atomic mass is 16.6. The number of unbranched alkanes of at least 4 members (excludes halogenated alkanes) is 2. The molecule has 1 saturated carbocycles. The third-order valence-electron chi connectivity index (χ3n) is 5.92. The third kappa shape index (κ3) is 7.85. The lowest BCUT2D eigenvalue weighted by Gasteiger charge is -2.39. The second kappa shape index (κ2) is 10.5. The quantitative estimate of drug-likeness (QED) is 0.617. The van der Waals surface area contributed by atoms with E-state index in [-0.39, 0.29) is 12.1 Å². The number of nitrogens with one attached hydrogen (secondary N) is 1. The number of alkyl carbamates (subject to hydrolysis) is 1. The minimum absolute atomic E-state index is 0.245. The molecule has 1 heterocycles. The molecule has 0 aromatic heterocycles. The number of nitrogens with zero attached hydrogens (tertiary/aromatic N) is 1. The monoisotopic (exact) mass is 366 g/mol. The average molecular weight is 367 g/mol. The minimum atomic E-state index is -0.424. The van der Waals surface area contributed by atoms with Crippen molar-refractivity contribution in [2.45, 2.75) is 104 Å². The van der Waals surface area contributed by atoms with Gasteiger partial charge in [-0.25, -0.2) is 4.79 Å². The van der Waals surface area contributed by atoms with Crippen molar-refractivity contribution >= 4 is 6.09 Å². The smallest absolute Gasteiger partial charge is 0.407 e. The van der Waals surface area contributed by atoms with E-state index in [0.29, 0.717) is 5.92 Å². The normalized spacial score (nSPS) is 27.9. The molecule has 1 N–H and O–H groups in total. The van der Waals surface area contributed by atoms with E-state index >= 15 is 0 Å². The highest BCUT2D eigenvalue weighted by molar-refractivity contribution is 5.68. The standard InChI is InChI=1S/C22H42N2O2/c1-5-6-7-11-18-12-10-15-24(16-18)17-19-13-8-9-14-20(19)23-21(25)26-22(2,3)4/h18-20H,5-17H2,1-4H3,(H,23,25)/t18-,19?,20?/m1/s1. The number of carbonyl (C=O) groups excluding carboxylic acids is 1. The lowest BCUT2D eigenvalue weighted by Crippen LogP contribution is -2.49. The molecule has 26 heavy (non-hydrogen) atoms. The van der Waals surface area contributed by atoms with Crippen LogP contribution in [0.15, 0.2) is 0 Å². The van der Waals surface area contributed by atoms with Crippen LogP contribution in [-0.4, -0.2) is 42.3 Å². The molecule has 0 bridgehead atoms. The fraction of sp³-hybridized carbons (Fsp3) is 0.955. The Hall–Kier alpha value is -0.770. The van der Waals surface area contributed by atoms with Gasteiger partial charge in [-0.1, -0.05) is 39.0 Å². The summed E-state index contributed by atoms with van der Waals surface area (Å²) in [6.07, 6.45) is 12.8. The number of rotatable bonds is 7. The third-order valence-corrected chi connectivity index (χ3v) is 5.92. The molecule has 152 valence electrons. The Morgan fingerprint density at radius 3 is 2.62 bits per heavy atom. The van der Waals surface area contributed by atoms with Crippen molar-refractivity contribution in [1.82, 2.24) is 10.2 Å². The van der Waals surface area contributed by atoms with E-state index < -0.39 is 5.60 Å². The van der Waals surface area contributed by atoms with Crippen molar-refractivity contribution in [3.8, 4) is 0 Å². The molecule has 2 rings (SSSR count). The highest BCUT2D eigenvalue weighted by Crippen LogP contribution is 2.28. The van der Waals surface area contributed by atoms with Crippen LogP contribution in [0.2, 0.25) is 0 Å². The van der Waals surface area contributed by atoms with Gasteiger partial charge in [-0.2, -0.15) is 0 Å². The van der Waals surface area contributed by atoms with E-state index in [1.54, 1.807) is 0 Å². The van der Waals surface area contributed by atoms with E-state index in [1.807, 2.05) is 20.8 Å². The summed E-state index contributed by atoms with van der Waals surface area (Å²) in [6, 6.07) is 0.277. The van der Waals surface area contributed by atoms with Crippen LogP contribution < -0.4 is 5.32 Å². The van der Waals surface area contributed by atoms with Crippen molar-refractivity contribution in [2.24, 2.45) is 11.8 Å². The van der Waals surface area contributed by atoms with Gasteiger partial charge >= 0.3 is 6.09 Å². The van der Waals surface area contributed by atoms with Crippen LogP contribution in [0.4, 0.5) is 4.79 Å². The second-order valence-electron chi connectivity index (χ2n) is 9.56. The average Bonchev–Trinajstić information content (AvgIpc) is 2.56. The van der Waals surface area contributed by atoms with Crippen LogP contribution in [0.5, 0.6) is 0 Å². The van der Waals surface area contributed by atoms with Gasteiger partial charge in [0.25, 0.3) is 0 Å². The molecule has 1 amide bonds. The zero-order valence-electron chi connectivity index (χ0n) is 17.7. The molecule has 0 aromatic rings. The maximum atomic E-state index is 12.2. The van der Waals surface area contributed by atoms with Gasteiger partial charge in [0.1, 0.15) is 5.60 Å². The van der Waals surface area contributed by atoms with Crippen molar-refractivity contribution in [3.05, 3.63) is 0 Å². The Labute approximate surface area is 161 Å². The SMILES string of the molecule is CCCCC[C@@H]1CCCN(CC2CCCCC2NC(=O)OC(C)(C)C)C1. The van der Waals surface area contributed by atoms with Crippen LogP contribution in [-0.2, 0) is 4.74 Å². The van der Waals surface area contributed by atoms with Gasteiger partial charge in [-0.3, -0.25) is 0 Å². The predicted octanol–water partition coefficient (Wildman–Crippen LogP) is 5.36. The Morgan fingerprint density at radius 1 is 1.12 bits per heavy atom. The Bertz CT molecular complexity index is 419. The predicted molar refractivity (Wildman–Crippen MR) is 108 cm³/mol. The van der Waals surface area contributed by atoms with Crippen LogP contribution in [0.1, 0.15) is 91.9 Å². The maximum Gasteiger partial charge on any atom is 0.407 e. The molecule has 1 saturated heterocycles. The van der Waals surface area contributed by atoms with E-state index in [9.17, 15) is 4.79 Å². The van der Waals surface area contributed by atoms with Gasteiger partial charge < -0.3 is 15.0 Å². The molecule has 1 aliphatic heterocycles. The first-order chi connectivity index (χ1) is 12.4. The maximum absolute atomic E-state index is 12.2. The van der Waals surface area contributed by atoms with E-state index in [4.69, 9.17) is 4.74 Å². The van der Waals surface area contributed by atoms with Gasteiger partial charge in [-0.15, -0.1) is 0 Å². The highest BCUT2D eigenvalue weighted by Gasteiger charge is 2.31. The summed E-state index contributed by atoms with van der Waals surface area (Å²) >= 11 is 0. The summed E-state index contributed by atoms with van der Waals surface area (Å²) in [6.45, 7) is 11.7. The molecule has 0 spiro atoms. The Morgan fingerprint density at radius 2 is 1.88 bits per heavy atom. The molecule has 3 atom stereocenters. The van der Waals surface area contributed by atoms with E-state index in [0.717, 1.165) is 18.9 Å². The summed E-state index contributed by atoms with van der Waals surface area (Å²) in [5.74, 6) is 1.46. The summed E-state index contributed by atoms with van der Waals surface area (Å²) in [7, 11) is 0. The fourth-order valence-corrected chi connectivity index (χ4v) is 4.64. The van der Waals surface area contributed by atoms with Crippen LogP contribution in [0, 0.1) is 11.8 Å². The molecular formula is C22H42N2O2. The van der Waals surface area contributed by atoms with Gasteiger partial charge in [0, 0.05) is 19.1 Å². The molecule has 1 aliphatic carbocycles. The zero-order chi connectivity index (χ0) is 19.0.